The summed E-state index contributed by atoms with van der Waals surface area (Å²) in [5.41, 5.74) is 4.01. The van der Waals surface area contributed by atoms with Crippen molar-refractivity contribution in [1.82, 2.24) is 14.8 Å². The first-order chi connectivity index (χ1) is 15.3. The van der Waals surface area contributed by atoms with E-state index in [0.717, 1.165) is 28.4 Å². The van der Waals surface area contributed by atoms with Crippen LogP contribution in [-0.2, 0) is 11.3 Å². The van der Waals surface area contributed by atoms with Crippen molar-refractivity contribution in [2.24, 2.45) is 0 Å². The van der Waals surface area contributed by atoms with Gasteiger partial charge in [0.2, 0.25) is 5.91 Å². The largest absolute Gasteiger partial charge is 0.497 e. The molecule has 2 aromatic carbocycles. The average molecular weight is 438 g/mol. The summed E-state index contributed by atoms with van der Waals surface area (Å²) >= 11 is 0. The molecule has 0 saturated heterocycles. The molecule has 0 saturated carbocycles. The molecule has 0 aliphatic carbocycles. The molecule has 0 aliphatic heterocycles. The van der Waals surface area contributed by atoms with E-state index in [9.17, 15) is 14.0 Å². The molecule has 1 aromatic heterocycles. The summed E-state index contributed by atoms with van der Waals surface area (Å²) in [7, 11) is 1.62. The van der Waals surface area contributed by atoms with E-state index in [2.05, 4.69) is 5.32 Å². The predicted octanol–water partition coefficient (Wildman–Crippen LogP) is 4.02. The molecular formula is C25H28FN3O3. The van der Waals surface area contributed by atoms with Crippen LogP contribution in [-0.4, -0.2) is 41.5 Å². The molecule has 0 aliphatic rings. The standard InChI is InChI=1S/C25H28FN3O3/c1-5-28(16-24(30)27-15-19-6-8-20(26)9-7-19)25(31)23-14-17(2)29(18(23)3)21-10-12-22(32-4)13-11-21/h6-14H,5,15-16H2,1-4H3,(H,27,30). The van der Waals surface area contributed by atoms with Crippen molar-refractivity contribution < 1.29 is 18.7 Å². The first-order valence-electron chi connectivity index (χ1n) is 10.5. The highest BCUT2D eigenvalue weighted by Crippen LogP contribution is 2.23. The maximum atomic E-state index is 13.2. The third kappa shape index (κ3) is 5.17. The number of nitrogens with zero attached hydrogens (tertiary/aromatic N) is 2. The van der Waals surface area contributed by atoms with Crippen molar-refractivity contribution in [2.45, 2.75) is 27.3 Å². The van der Waals surface area contributed by atoms with Gasteiger partial charge in [-0.2, -0.15) is 0 Å². The van der Waals surface area contributed by atoms with E-state index >= 15 is 0 Å². The van der Waals surface area contributed by atoms with E-state index in [-0.39, 0.29) is 30.7 Å². The summed E-state index contributed by atoms with van der Waals surface area (Å²) in [5.74, 6) is -0.0304. The number of hydrogen-bond donors (Lipinski definition) is 1. The molecule has 1 N–H and O–H groups in total. The molecule has 6 nitrogen and oxygen atoms in total. The lowest BCUT2D eigenvalue weighted by Crippen LogP contribution is -2.40. The van der Waals surface area contributed by atoms with Crippen molar-refractivity contribution in [2.75, 3.05) is 20.2 Å². The number of ether oxygens (including phenoxy) is 1. The van der Waals surface area contributed by atoms with Crippen LogP contribution in [0, 0.1) is 19.7 Å². The zero-order chi connectivity index (χ0) is 23.3. The molecule has 0 spiro atoms. The van der Waals surface area contributed by atoms with Gasteiger partial charge in [-0.3, -0.25) is 9.59 Å². The lowest BCUT2D eigenvalue weighted by atomic mass is 10.2. The van der Waals surface area contributed by atoms with Crippen LogP contribution < -0.4 is 10.1 Å². The number of rotatable bonds is 8. The number of nitrogens with one attached hydrogen (secondary N) is 1. The number of hydrogen-bond acceptors (Lipinski definition) is 3. The van der Waals surface area contributed by atoms with Crippen LogP contribution in [0.5, 0.6) is 5.75 Å². The summed E-state index contributed by atoms with van der Waals surface area (Å²) in [4.78, 5) is 27.2. The summed E-state index contributed by atoms with van der Waals surface area (Å²) in [6.07, 6.45) is 0. The van der Waals surface area contributed by atoms with Crippen LogP contribution in [0.3, 0.4) is 0 Å². The first-order valence-corrected chi connectivity index (χ1v) is 10.5. The Morgan fingerprint density at radius 3 is 2.31 bits per heavy atom. The molecule has 2 amide bonds. The second kappa shape index (κ2) is 10.1. The van der Waals surface area contributed by atoms with E-state index in [1.54, 1.807) is 19.2 Å². The molecule has 0 fully saturated rings. The fraction of sp³-hybridized carbons (Fsp3) is 0.280. The smallest absolute Gasteiger partial charge is 0.256 e. The monoisotopic (exact) mass is 437 g/mol. The molecule has 1 heterocycles. The molecule has 7 heteroatoms. The second-order valence-electron chi connectivity index (χ2n) is 7.54. The maximum Gasteiger partial charge on any atom is 0.256 e. The highest BCUT2D eigenvalue weighted by atomic mass is 19.1. The minimum atomic E-state index is -0.324. The quantitative estimate of drug-likeness (QED) is 0.579. The van der Waals surface area contributed by atoms with Crippen LogP contribution in [0.15, 0.2) is 54.6 Å². The van der Waals surface area contributed by atoms with Gasteiger partial charge in [-0.15, -0.1) is 0 Å². The number of benzene rings is 2. The number of aryl methyl sites for hydroxylation is 1. The Hall–Kier alpha value is -3.61. The van der Waals surface area contributed by atoms with Crippen LogP contribution >= 0.6 is 0 Å². The Labute approximate surface area is 187 Å². The van der Waals surface area contributed by atoms with Gasteiger partial charge in [0.05, 0.1) is 19.2 Å². The molecule has 0 atom stereocenters. The van der Waals surface area contributed by atoms with Crippen molar-refractivity contribution in [3.05, 3.63) is 82.9 Å². The Balaban J connectivity index is 1.71. The average Bonchev–Trinajstić information content (AvgIpc) is 3.10. The highest BCUT2D eigenvalue weighted by molar-refractivity contribution is 5.98. The van der Waals surface area contributed by atoms with Crippen molar-refractivity contribution in [1.29, 1.82) is 0 Å². The third-order valence-electron chi connectivity index (χ3n) is 5.40. The SMILES string of the molecule is CCN(CC(=O)NCc1ccc(F)cc1)C(=O)c1cc(C)n(-c2ccc(OC)cc2)c1C. The predicted molar refractivity (Wildman–Crippen MR) is 122 cm³/mol. The number of aromatic nitrogens is 1. The number of amides is 2. The zero-order valence-electron chi connectivity index (χ0n) is 18.8. The van der Waals surface area contributed by atoms with Crippen LogP contribution in [0.25, 0.3) is 5.69 Å². The van der Waals surface area contributed by atoms with Gasteiger partial charge in [-0.1, -0.05) is 12.1 Å². The van der Waals surface area contributed by atoms with Gasteiger partial charge < -0.3 is 19.5 Å². The molecule has 3 aromatic rings. The van der Waals surface area contributed by atoms with Gasteiger partial charge >= 0.3 is 0 Å². The summed E-state index contributed by atoms with van der Waals surface area (Å²) < 4.78 is 20.2. The van der Waals surface area contributed by atoms with Gasteiger partial charge in [-0.05, 0) is 68.8 Å². The van der Waals surface area contributed by atoms with Gasteiger partial charge in [0.1, 0.15) is 11.6 Å². The van der Waals surface area contributed by atoms with Gasteiger partial charge in [0, 0.05) is 30.2 Å². The Kier molecular flexibility index (Phi) is 7.30. The van der Waals surface area contributed by atoms with Gasteiger partial charge in [0.25, 0.3) is 5.91 Å². The fourth-order valence-electron chi connectivity index (χ4n) is 3.64. The molecule has 32 heavy (non-hydrogen) atoms. The fourth-order valence-corrected chi connectivity index (χ4v) is 3.64. The van der Waals surface area contributed by atoms with Gasteiger partial charge in [0.15, 0.2) is 0 Å². The first kappa shape index (κ1) is 23.1. The van der Waals surface area contributed by atoms with E-state index in [1.165, 1.54) is 17.0 Å². The highest BCUT2D eigenvalue weighted by Gasteiger charge is 2.22. The molecule has 0 radical (unpaired) electrons. The summed E-state index contributed by atoms with van der Waals surface area (Å²) in [5, 5.41) is 2.79. The zero-order valence-corrected chi connectivity index (χ0v) is 18.8. The topological polar surface area (TPSA) is 63.6 Å². The summed E-state index contributed by atoms with van der Waals surface area (Å²) in [6, 6.07) is 15.4. The Morgan fingerprint density at radius 1 is 1.06 bits per heavy atom. The minimum absolute atomic E-state index is 0.0528. The maximum absolute atomic E-state index is 13.2. The lowest BCUT2D eigenvalue weighted by molar-refractivity contribution is -0.121. The Morgan fingerprint density at radius 2 is 1.72 bits per heavy atom. The van der Waals surface area contributed by atoms with E-state index in [1.807, 2.05) is 55.7 Å². The van der Waals surface area contributed by atoms with Crippen LogP contribution in [0.4, 0.5) is 4.39 Å². The van der Waals surface area contributed by atoms with Gasteiger partial charge in [-0.25, -0.2) is 4.39 Å². The summed E-state index contributed by atoms with van der Waals surface area (Å²) in [6.45, 7) is 6.30. The normalized spacial score (nSPS) is 10.7. The molecule has 168 valence electrons. The minimum Gasteiger partial charge on any atom is -0.497 e. The van der Waals surface area contributed by atoms with Crippen molar-refractivity contribution in [3.63, 3.8) is 0 Å². The van der Waals surface area contributed by atoms with Crippen molar-refractivity contribution in [3.8, 4) is 11.4 Å². The third-order valence-corrected chi connectivity index (χ3v) is 5.40. The number of likely N-dealkylation sites (N-methyl/N-ethyl adjacent to an activating group) is 1. The number of halogens is 1. The van der Waals surface area contributed by atoms with Crippen molar-refractivity contribution >= 4 is 11.8 Å². The number of carbonyl (C=O) groups excluding carboxylic acids is 2. The molecule has 0 unspecified atom stereocenters. The Bertz CT molecular complexity index is 1090. The molecule has 0 bridgehead atoms. The second-order valence-corrected chi connectivity index (χ2v) is 7.54. The molecular weight excluding hydrogens is 409 g/mol. The number of carbonyl (C=O) groups is 2. The number of methoxy groups -OCH3 is 1. The van der Waals surface area contributed by atoms with E-state index in [0.29, 0.717) is 12.1 Å². The van der Waals surface area contributed by atoms with Crippen LogP contribution in [0.2, 0.25) is 0 Å². The lowest BCUT2D eigenvalue weighted by Gasteiger charge is -2.20. The molecule has 3 rings (SSSR count). The van der Waals surface area contributed by atoms with Crippen LogP contribution in [0.1, 0.15) is 34.2 Å². The van der Waals surface area contributed by atoms with E-state index < -0.39 is 0 Å². The van der Waals surface area contributed by atoms with E-state index in [4.69, 9.17) is 4.74 Å².